The van der Waals surface area contributed by atoms with Crippen LogP contribution in [0.2, 0.25) is 0 Å². The molecule has 20 heavy (non-hydrogen) atoms. The highest BCUT2D eigenvalue weighted by molar-refractivity contribution is 6.13. The first-order valence-electron chi connectivity index (χ1n) is 6.28. The Balaban J connectivity index is 2.05. The Morgan fingerprint density at radius 3 is 2.45 bits per heavy atom. The van der Waals surface area contributed by atoms with E-state index in [1.807, 2.05) is 12.1 Å². The second-order valence-electron chi connectivity index (χ2n) is 4.54. The highest BCUT2D eigenvalue weighted by atomic mass is 16.5. The zero-order valence-corrected chi connectivity index (χ0v) is 10.9. The van der Waals surface area contributed by atoms with Crippen LogP contribution in [-0.2, 0) is 4.79 Å². The summed E-state index contributed by atoms with van der Waals surface area (Å²) in [7, 11) is 1.58. The fourth-order valence-corrected chi connectivity index (χ4v) is 2.50. The predicted molar refractivity (Wildman–Crippen MR) is 75.1 cm³/mol. The Morgan fingerprint density at radius 1 is 1.10 bits per heavy atom. The van der Waals surface area contributed by atoms with Crippen LogP contribution in [0.5, 0.6) is 5.75 Å². The Morgan fingerprint density at radius 2 is 1.80 bits per heavy atom. The normalized spacial score (nSPS) is 16.9. The van der Waals surface area contributed by atoms with Gasteiger partial charge in [0.05, 0.1) is 7.11 Å². The number of amides is 1. The molecular formula is C16H13NO3. The van der Waals surface area contributed by atoms with E-state index in [1.165, 1.54) is 4.90 Å². The van der Waals surface area contributed by atoms with Crippen molar-refractivity contribution in [1.29, 1.82) is 0 Å². The lowest BCUT2D eigenvalue weighted by atomic mass is 10.1. The van der Waals surface area contributed by atoms with E-state index in [4.69, 9.17) is 4.74 Å². The number of hydrogen-bond donors (Lipinski definition) is 0. The van der Waals surface area contributed by atoms with E-state index in [0.717, 1.165) is 11.8 Å². The Labute approximate surface area is 116 Å². The van der Waals surface area contributed by atoms with Gasteiger partial charge in [-0.1, -0.05) is 18.2 Å². The second kappa shape index (κ2) is 4.81. The average Bonchev–Trinajstić information content (AvgIpc) is 2.80. The third-order valence-electron chi connectivity index (χ3n) is 3.49. The number of methoxy groups -OCH3 is 1. The molecule has 0 saturated heterocycles. The largest absolute Gasteiger partial charge is 0.497 e. The minimum Gasteiger partial charge on any atom is -0.497 e. The summed E-state index contributed by atoms with van der Waals surface area (Å²) in [6.07, 6.45) is 0.800. The maximum Gasteiger partial charge on any atom is 0.259 e. The summed E-state index contributed by atoms with van der Waals surface area (Å²) in [5.74, 6) is 0.559. The van der Waals surface area contributed by atoms with E-state index >= 15 is 0 Å². The van der Waals surface area contributed by atoms with Crippen LogP contribution in [0.3, 0.4) is 0 Å². The highest BCUT2D eigenvalue weighted by Crippen LogP contribution is 2.36. The van der Waals surface area contributed by atoms with Crippen molar-refractivity contribution < 1.29 is 14.3 Å². The first-order valence-corrected chi connectivity index (χ1v) is 6.28. The number of ether oxygens (including phenoxy) is 1. The summed E-state index contributed by atoms with van der Waals surface area (Å²) in [5.41, 5.74) is 2.02. The van der Waals surface area contributed by atoms with Gasteiger partial charge < -0.3 is 9.53 Å². The molecule has 0 aliphatic carbocycles. The first-order chi connectivity index (χ1) is 9.76. The van der Waals surface area contributed by atoms with Gasteiger partial charge in [0.1, 0.15) is 18.1 Å². The molecule has 0 N–H and O–H groups in total. The number of aldehydes is 1. The van der Waals surface area contributed by atoms with E-state index in [2.05, 4.69) is 0 Å². The molecule has 0 fully saturated rings. The van der Waals surface area contributed by atoms with E-state index in [1.54, 1.807) is 43.5 Å². The van der Waals surface area contributed by atoms with Crippen LogP contribution in [0.15, 0.2) is 48.5 Å². The van der Waals surface area contributed by atoms with Crippen molar-refractivity contribution >= 4 is 17.9 Å². The molecule has 1 aliphatic heterocycles. The number of benzene rings is 2. The van der Waals surface area contributed by atoms with E-state index in [-0.39, 0.29) is 5.91 Å². The number of carbonyl (C=O) groups is 2. The lowest BCUT2D eigenvalue weighted by molar-refractivity contribution is -0.108. The SMILES string of the molecule is COc1ccc(N2C(=O)c3ccccc3C2C=O)cc1. The van der Waals surface area contributed by atoms with E-state index < -0.39 is 6.04 Å². The summed E-state index contributed by atoms with van der Waals surface area (Å²) < 4.78 is 5.10. The van der Waals surface area contributed by atoms with Crippen molar-refractivity contribution in [2.75, 3.05) is 12.0 Å². The summed E-state index contributed by atoms with van der Waals surface area (Å²) in [5, 5.41) is 0. The number of anilines is 1. The van der Waals surface area contributed by atoms with Gasteiger partial charge in [-0.2, -0.15) is 0 Å². The van der Waals surface area contributed by atoms with Crippen LogP contribution < -0.4 is 9.64 Å². The number of carbonyl (C=O) groups excluding carboxylic acids is 2. The average molecular weight is 267 g/mol. The molecule has 1 unspecified atom stereocenters. The van der Waals surface area contributed by atoms with Crippen LogP contribution in [-0.4, -0.2) is 19.3 Å². The van der Waals surface area contributed by atoms with Gasteiger partial charge >= 0.3 is 0 Å². The summed E-state index contributed by atoms with van der Waals surface area (Å²) in [4.78, 5) is 25.4. The minimum atomic E-state index is -0.563. The van der Waals surface area contributed by atoms with Gasteiger partial charge in [-0.15, -0.1) is 0 Å². The van der Waals surface area contributed by atoms with Crippen LogP contribution in [0.25, 0.3) is 0 Å². The van der Waals surface area contributed by atoms with Crippen molar-refractivity contribution in [3.05, 3.63) is 59.7 Å². The first kappa shape index (κ1) is 12.4. The summed E-state index contributed by atoms with van der Waals surface area (Å²) in [6, 6.07) is 13.7. The third kappa shape index (κ3) is 1.77. The minimum absolute atomic E-state index is 0.150. The lowest BCUT2D eigenvalue weighted by Gasteiger charge is -2.21. The topological polar surface area (TPSA) is 46.6 Å². The fraction of sp³-hybridized carbons (Fsp3) is 0.125. The van der Waals surface area contributed by atoms with Crippen molar-refractivity contribution in [3.63, 3.8) is 0 Å². The molecule has 4 nitrogen and oxygen atoms in total. The molecule has 0 radical (unpaired) electrons. The van der Waals surface area contributed by atoms with Gasteiger partial charge in [-0.3, -0.25) is 9.69 Å². The zero-order valence-electron chi connectivity index (χ0n) is 10.9. The molecule has 1 amide bonds. The molecule has 3 rings (SSSR count). The Hall–Kier alpha value is -2.62. The van der Waals surface area contributed by atoms with Crippen molar-refractivity contribution in [3.8, 4) is 5.75 Å². The summed E-state index contributed by atoms with van der Waals surface area (Å²) >= 11 is 0. The maximum atomic E-state index is 12.5. The molecule has 0 bridgehead atoms. The lowest BCUT2D eigenvalue weighted by Crippen LogP contribution is -2.28. The maximum absolute atomic E-state index is 12.5. The van der Waals surface area contributed by atoms with Crippen LogP contribution in [0.4, 0.5) is 5.69 Å². The van der Waals surface area contributed by atoms with E-state index in [9.17, 15) is 9.59 Å². The van der Waals surface area contributed by atoms with Crippen molar-refractivity contribution in [1.82, 2.24) is 0 Å². The molecule has 1 heterocycles. The Kier molecular flexibility index (Phi) is 2.99. The summed E-state index contributed by atoms with van der Waals surface area (Å²) in [6.45, 7) is 0. The van der Waals surface area contributed by atoms with Gasteiger partial charge in [-0.05, 0) is 35.9 Å². The van der Waals surface area contributed by atoms with Gasteiger partial charge in [0.15, 0.2) is 0 Å². The molecule has 0 aromatic heterocycles. The van der Waals surface area contributed by atoms with Crippen molar-refractivity contribution in [2.45, 2.75) is 6.04 Å². The van der Waals surface area contributed by atoms with Crippen molar-refractivity contribution in [2.24, 2.45) is 0 Å². The molecular weight excluding hydrogens is 254 g/mol. The fourth-order valence-electron chi connectivity index (χ4n) is 2.50. The highest BCUT2D eigenvalue weighted by Gasteiger charge is 2.37. The number of rotatable bonds is 3. The van der Waals surface area contributed by atoms with Crippen LogP contribution in [0, 0.1) is 0 Å². The Bertz CT molecular complexity index is 664. The number of fused-ring (bicyclic) bond motifs is 1. The molecule has 0 saturated carbocycles. The zero-order chi connectivity index (χ0) is 14.1. The van der Waals surface area contributed by atoms with Gasteiger partial charge in [0.2, 0.25) is 0 Å². The molecule has 2 aromatic rings. The van der Waals surface area contributed by atoms with Gasteiger partial charge in [0.25, 0.3) is 5.91 Å². The smallest absolute Gasteiger partial charge is 0.259 e. The van der Waals surface area contributed by atoms with Crippen LogP contribution in [0.1, 0.15) is 22.0 Å². The molecule has 0 spiro atoms. The predicted octanol–water partition coefficient (Wildman–Crippen LogP) is 2.60. The molecule has 100 valence electrons. The number of hydrogen-bond acceptors (Lipinski definition) is 3. The second-order valence-corrected chi connectivity index (χ2v) is 4.54. The van der Waals surface area contributed by atoms with E-state index in [0.29, 0.717) is 17.0 Å². The third-order valence-corrected chi connectivity index (χ3v) is 3.49. The van der Waals surface area contributed by atoms with Gasteiger partial charge in [-0.25, -0.2) is 0 Å². The molecule has 1 aliphatic rings. The van der Waals surface area contributed by atoms with Crippen LogP contribution >= 0.6 is 0 Å². The molecule has 4 heteroatoms. The molecule has 1 atom stereocenters. The number of nitrogens with zero attached hydrogens (tertiary/aromatic N) is 1. The van der Waals surface area contributed by atoms with Gasteiger partial charge in [0, 0.05) is 11.3 Å². The standard InChI is InChI=1S/C16H13NO3/c1-20-12-8-6-11(7-9-12)17-15(10-18)13-4-2-3-5-14(13)16(17)19/h2-10,15H,1H3. The molecule has 2 aromatic carbocycles. The monoisotopic (exact) mass is 267 g/mol. The quantitative estimate of drug-likeness (QED) is 0.803.